The van der Waals surface area contributed by atoms with Crippen LogP contribution in [0.25, 0.3) is 97.8 Å². The van der Waals surface area contributed by atoms with Gasteiger partial charge in [0.2, 0.25) is 0 Å². The van der Waals surface area contributed by atoms with Crippen molar-refractivity contribution in [3.05, 3.63) is 133 Å². The number of nitrogens with zero attached hydrogens (tertiary/aromatic N) is 3. The largest absolute Gasteiger partial charge is 0.208 e. The molecule has 9 heteroatoms. The minimum absolute atomic E-state index is 0.681. The van der Waals surface area contributed by atoms with E-state index in [1.54, 1.807) is 0 Å². The number of fused-ring (bicyclic) bond motifs is 9. The molecule has 0 aliphatic heterocycles. The van der Waals surface area contributed by atoms with Crippen molar-refractivity contribution >= 4 is 130 Å². The Morgan fingerprint density at radius 2 is 0.870 bits per heavy atom. The number of rotatable bonds is 4. The molecule has 2 aromatic heterocycles. The molecule has 54 heavy (non-hydrogen) atoms. The molecule has 248 valence electrons. The molecule has 0 aliphatic carbocycles. The van der Waals surface area contributed by atoms with E-state index in [0.717, 1.165) is 22.5 Å². The van der Waals surface area contributed by atoms with E-state index in [-0.39, 0.29) is 0 Å². The average molecular weight is 701 g/mol. The van der Waals surface area contributed by atoms with Crippen LogP contribution in [0.15, 0.2) is 133 Å². The fraction of sp³-hybridized carbons (Fsp3) is 0. The Bertz CT molecular complexity index is 3120. The first-order valence-corrected chi connectivity index (χ1v) is 19.4. The fourth-order valence-electron chi connectivity index (χ4n) is 8.45. The van der Waals surface area contributed by atoms with Crippen molar-refractivity contribution in [1.82, 2.24) is 15.0 Å². The van der Waals surface area contributed by atoms with Crippen LogP contribution in [0.4, 0.5) is 0 Å². The highest BCUT2D eigenvalue weighted by Crippen LogP contribution is 2.43. The van der Waals surface area contributed by atoms with Gasteiger partial charge in [-0.05, 0) is 61.6 Å². The van der Waals surface area contributed by atoms with Gasteiger partial charge in [-0.25, -0.2) is 15.0 Å². The van der Waals surface area contributed by atoms with E-state index in [2.05, 4.69) is 154 Å². The third kappa shape index (κ3) is 5.06. The number of aromatic nitrogens is 3. The van der Waals surface area contributed by atoms with Gasteiger partial charge in [0.25, 0.3) is 0 Å². The molecule has 0 amide bonds. The van der Waals surface area contributed by atoms with Gasteiger partial charge in [-0.15, -0.1) is 27.7 Å². The van der Waals surface area contributed by atoms with Crippen molar-refractivity contribution in [2.24, 2.45) is 0 Å². The zero-order chi connectivity index (χ0) is 36.7. The first kappa shape index (κ1) is 32.7. The Hall–Kier alpha value is -5.91. The van der Waals surface area contributed by atoms with Crippen LogP contribution in [-0.4, -0.2) is 54.2 Å². The predicted molar refractivity (Wildman–Crippen MR) is 248 cm³/mol. The highest BCUT2D eigenvalue weighted by molar-refractivity contribution is 7.26. The van der Waals surface area contributed by atoms with E-state index in [0.29, 0.717) is 11.6 Å². The Morgan fingerprint density at radius 1 is 0.352 bits per heavy atom. The summed E-state index contributed by atoms with van der Waals surface area (Å²) in [5.74, 6) is 2.08. The average Bonchev–Trinajstić information content (AvgIpc) is 3.61. The van der Waals surface area contributed by atoms with Crippen LogP contribution < -0.4 is 27.3 Å². The van der Waals surface area contributed by atoms with Crippen LogP contribution in [0.5, 0.6) is 0 Å². The maximum atomic E-state index is 5.22. The molecule has 0 fully saturated rings. The van der Waals surface area contributed by atoms with E-state index >= 15 is 0 Å². The summed E-state index contributed by atoms with van der Waals surface area (Å²) in [5.41, 5.74) is 11.9. The summed E-state index contributed by atoms with van der Waals surface area (Å²) < 4.78 is 2.48. The summed E-state index contributed by atoms with van der Waals surface area (Å²) in [4.78, 5) is 15.4. The monoisotopic (exact) mass is 701 g/mol. The second-order valence-corrected chi connectivity index (χ2v) is 15.6. The Morgan fingerprint density at radius 3 is 1.54 bits per heavy atom. The maximum Gasteiger partial charge on any atom is 0.164 e. The molecule has 0 N–H and O–H groups in total. The van der Waals surface area contributed by atoms with Crippen LogP contribution >= 0.6 is 11.3 Å². The summed E-state index contributed by atoms with van der Waals surface area (Å²) in [6.45, 7) is 0. The van der Waals surface area contributed by atoms with Gasteiger partial charge >= 0.3 is 0 Å². The Labute approximate surface area is 322 Å². The van der Waals surface area contributed by atoms with Gasteiger partial charge in [0.05, 0.1) is 0 Å². The van der Waals surface area contributed by atoms with Gasteiger partial charge in [-0.2, -0.15) is 0 Å². The molecule has 0 atom stereocenters. The molecular weight excluding hydrogens is 669 g/mol. The van der Waals surface area contributed by atoms with E-state index in [1.807, 2.05) is 29.5 Å². The summed E-state index contributed by atoms with van der Waals surface area (Å²) in [7, 11) is 11.0. The number of thiophene rings is 1. The van der Waals surface area contributed by atoms with Crippen molar-refractivity contribution in [3.8, 4) is 45.3 Å². The Kier molecular flexibility index (Phi) is 7.64. The van der Waals surface area contributed by atoms with Crippen LogP contribution in [-0.2, 0) is 0 Å². The SMILES string of the molecule is Bc1c(B)c(B)c(-c2nc(-c3ccccc3)nc(-c3ccc4c(c3)sc3cccc(-c5ccc6c7ccccc7c7ccccc7c6c5)c34)n2)c(B)c1B. The molecule has 0 bridgehead atoms. The Balaban J connectivity index is 1.15. The standard InChI is InChI=1S/C45H32B5N3S/c46-38-37(39(47)41(49)42(50)40(38)48)45-52-43(23-9-2-1-3-10-23)51-44(53-45)25-18-20-32-35(22-25)54-34-16-8-15-26(36(32)34)24-17-19-31-29-13-5-4-11-27(29)28-12-6-7-14-30(28)33(31)21-24/h1-22H,46-50H2. The third-order valence-electron chi connectivity index (χ3n) is 11.7. The van der Waals surface area contributed by atoms with Gasteiger partial charge in [-0.3, -0.25) is 0 Å². The van der Waals surface area contributed by atoms with Crippen molar-refractivity contribution in [2.75, 3.05) is 0 Å². The molecule has 0 radical (unpaired) electrons. The minimum atomic E-state index is 0.681. The van der Waals surface area contributed by atoms with Crippen LogP contribution in [0.3, 0.4) is 0 Å². The van der Waals surface area contributed by atoms with Crippen molar-refractivity contribution in [2.45, 2.75) is 0 Å². The third-order valence-corrected chi connectivity index (χ3v) is 12.8. The molecule has 10 aromatic rings. The van der Waals surface area contributed by atoms with Crippen LogP contribution in [0, 0.1) is 0 Å². The summed E-state index contributed by atoms with van der Waals surface area (Å²) >= 11 is 1.83. The molecule has 3 nitrogen and oxygen atoms in total. The van der Waals surface area contributed by atoms with Gasteiger partial charge in [-0.1, -0.05) is 126 Å². The van der Waals surface area contributed by atoms with E-state index in [4.69, 9.17) is 15.0 Å². The normalized spacial score (nSPS) is 11.7. The predicted octanol–water partition coefficient (Wildman–Crippen LogP) is 3.66. The number of hydrogen-bond acceptors (Lipinski definition) is 4. The fourth-order valence-corrected chi connectivity index (χ4v) is 9.62. The molecular formula is C45H32B5N3S. The maximum absolute atomic E-state index is 5.22. The quantitative estimate of drug-likeness (QED) is 0.208. The minimum Gasteiger partial charge on any atom is -0.208 e. The second kappa shape index (κ2) is 12.6. The first-order chi connectivity index (χ1) is 26.4. The number of hydrogen-bond donors (Lipinski definition) is 0. The summed E-state index contributed by atoms with van der Waals surface area (Å²) in [5, 5.41) is 10.3. The first-order valence-electron chi connectivity index (χ1n) is 18.5. The van der Waals surface area contributed by atoms with Crippen molar-refractivity contribution in [3.63, 3.8) is 0 Å². The lowest BCUT2D eigenvalue weighted by molar-refractivity contribution is 1.08. The molecule has 0 saturated carbocycles. The van der Waals surface area contributed by atoms with Crippen LogP contribution in [0.1, 0.15) is 0 Å². The highest BCUT2D eigenvalue weighted by Gasteiger charge is 2.20. The summed E-state index contributed by atoms with van der Waals surface area (Å²) in [6, 6.07) is 48.2. The highest BCUT2D eigenvalue weighted by atomic mass is 32.1. The molecule has 8 aromatic carbocycles. The van der Waals surface area contributed by atoms with Crippen LogP contribution in [0.2, 0.25) is 0 Å². The van der Waals surface area contributed by atoms with Crippen molar-refractivity contribution in [1.29, 1.82) is 0 Å². The van der Waals surface area contributed by atoms with Gasteiger partial charge in [0.1, 0.15) is 39.2 Å². The van der Waals surface area contributed by atoms with Gasteiger partial charge in [0.15, 0.2) is 17.5 Å². The van der Waals surface area contributed by atoms with Gasteiger partial charge in [0, 0.05) is 36.9 Å². The van der Waals surface area contributed by atoms with E-state index in [9.17, 15) is 0 Å². The second-order valence-electron chi connectivity index (χ2n) is 14.5. The lowest BCUT2D eigenvalue weighted by atomic mass is 9.60. The lowest BCUT2D eigenvalue weighted by Gasteiger charge is -2.20. The van der Waals surface area contributed by atoms with Gasteiger partial charge < -0.3 is 0 Å². The molecule has 0 aliphatic rings. The molecule has 2 heterocycles. The zero-order valence-electron chi connectivity index (χ0n) is 31.0. The number of benzene rings is 8. The van der Waals surface area contributed by atoms with E-state index in [1.165, 1.54) is 90.9 Å². The zero-order valence-corrected chi connectivity index (χ0v) is 31.8. The molecule has 0 saturated heterocycles. The summed E-state index contributed by atoms with van der Waals surface area (Å²) in [6.07, 6.45) is 0. The molecule has 10 rings (SSSR count). The van der Waals surface area contributed by atoms with Crippen molar-refractivity contribution < 1.29 is 0 Å². The molecule has 0 unspecified atom stereocenters. The lowest BCUT2D eigenvalue weighted by Crippen LogP contribution is -2.55. The topological polar surface area (TPSA) is 38.7 Å². The molecule has 0 spiro atoms. The van der Waals surface area contributed by atoms with E-state index < -0.39 is 0 Å². The smallest absolute Gasteiger partial charge is 0.164 e.